The van der Waals surface area contributed by atoms with E-state index in [9.17, 15) is 14.0 Å². The topological polar surface area (TPSA) is 90.0 Å². The molecule has 0 aliphatic heterocycles. The predicted molar refractivity (Wildman–Crippen MR) is 112 cm³/mol. The summed E-state index contributed by atoms with van der Waals surface area (Å²) in [5.41, 5.74) is 1.25. The Bertz CT molecular complexity index is 1280. The number of hydrogen-bond donors (Lipinski definition) is 1. The van der Waals surface area contributed by atoms with Crippen LogP contribution in [0.5, 0.6) is 0 Å². The van der Waals surface area contributed by atoms with E-state index >= 15 is 0 Å². The van der Waals surface area contributed by atoms with Gasteiger partial charge < -0.3 is 9.84 Å². The third kappa shape index (κ3) is 4.30. The summed E-state index contributed by atoms with van der Waals surface area (Å²) in [5, 5.41) is 6.85. The molecule has 1 N–H and O–H groups in total. The van der Waals surface area contributed by atoms with E-state index in [0.29, 0.717) is 12.1 Å². The molecular weight excluding hydrogens is 455 g/mol. The van der Waals surface area contributed by atoms with Gasteiger partial charge in [-0.1, -0.05) is 45.4 Å². The maximum Gasteiger partial charge on any atom is 0.266 e. The molecule has 0 aliphatic carbocycles. The number of fused-ring (bicyclic) bond motifs is 1. The van der Waals surface area contributed by atoms with Gasteiger partial charge in [0.15, 0.2) is 0 Å². The first-order valence-corrected chi connectivity index (χ1v) is 9.92. The third-order valence-corrected chi connectivity index (χ3v) is 5.01. The zero-order chi connectivity index (χ0) is 21.1. The number of aromatic nitrogens is 3. The Balaban J connectivity index is 1.49. The van der Waals surface area contributed by atoms with Gasteiger partial charge in [0.1, 0.15) is 23.2 Å². The van der Waals surface area contributed by atoms with E-state index in [0.717, 1.165) is 10.0 Å². The second-order valence-corrected chi connectivity index (χ2v) is 7.54. The quantitative estimate of drug-likeness (QED) is 0.464. The van der Waals surface area contributed by atoms with Crippen LogP contribution in [0.25, 0.3) is 22.4 Å². The molecule has 0 bridgehead atoms. The van der Waals surface area contributed by atoms with E-state index in [4.69, 9.17) is 4.52 Å². The first-order valence-electron chi connectivity index (χ1n) is 9.13. The van der Waals surface area contributed by atoms with E-state index in [1.165, 1.54) is 29.1 Å². The Morgan fingerprint density at radius 3 is 2.83 bits per heavy atom. The van der Waals surface area contributed by atoms with Crippen molar-refractivity contribution in [3.63, 3.8) is 0 Å². The van der Waals surface area contributed by atoms with Crippen LogP contribution in [0.3, 0.4) is 0 Å². The zero-order valence-electron chi connectivity index (χ0n) is 15.6. The largest absolute Gasteiger partial charge is 0.352 e. The predicted octanol–water partition coefficient (Wildman–Crippen LogP) is 3.66. The summed E-state index contributed by atoms with van der Waals surface area (Å²) in [6.07, 6.45) is 1.41. The van der Waals surface area contributed by atoms with E-state index in [2.05, 4.69) is 31.4 Å². The van der Waals surface area contributed by atoms with Gasteiger partial charge in [-0.25, -0.2) is 9.37 Å². The molecule has 1 amide bonds. The van der Waals surface area contributed by atoms with Crippen molar-refractivity contribution in [2.24, 2.45) is 0 Å². The summed E-state index contributed by atoms with van der Waals surface area (Å²) >= 11 is 3.39. The lowest BCUT2D eigenvalue weighted by Crippen LogP contribution is -2.27. The van der Waals surface area contributed by atoms with Gasteiger partial charge >= 0.3 is 0 Å². The molecule has 0 aliphatic rings. The number of aryl methyl sites for hydroxylation is 1. The van der Waals surface area contributed by atoms with E-state index in [1.54, 1.807) is 6.07 Å². The SMILES string of the molecule is O=C(CCn1cnc2onc(-c3cccc(F)c3)c2c1=O)NCc1cccc(Br)c1. The molecule has 4 rings (SSSR count). The summed E-state index contributed by atoms with van der Waals surface area (Å²) in [7, 11) is 0. The van der Waals surface area contributed by atoms with Crippen LogP contribution in [-0.2, 0) is 17.9 Å². The van der Waals surface area contributed by atoms with Crippen LogP contribution in [0.2, 0.25) is 0 Å². The van der Waals surface area contributed by atoms with Crippen LogP contribution < -0.4 is 10.9 Å². The van der Waals surface area contributed by atoms with Crippen molar-refractivity contribution >= 4 is 32.9 Å². The molecule has 152 valence electrons. The van der Waals surface area contributed by atoms with Crippen molar-refractivity contribution in [3.8, 4) is 11.3 Å². The minimum Gasteiger partial charge on any atom is -0.352 e. The fraction of sp³-hybridized carbons (Fsp3) is 0.143. The Labute approximate surface area is 178 Å². The number of carbonyl (C=O) groups excluding carboxylic acids is 1. The van der Waals surface area contributed by atoms with Crippen LogP contribution in [0.4, 0.5) is 4.39 Å². The lowest BCUT2D eigenvalue weighted by Gasteiger charge is -2.07. The molecule has 7 nitrogen and oxygen atoms in total. The average molecular weight is 471 g/mol. The highest BCUT2D eigenvalue weighted by Crippen LogP contribution is 2.24. The van der Waals surface area contributed by atoms with Crippen molar-refractivity contribution in [2.45, 2.75) is 19.5 Å². The first-order chi connectivity index (χ1) is 14.5. The summed E-state index contributed by atoms with van der Waals surface area (Å²) in [6.45, 7) is 0.527. The smallest absolute Gasteiger partial charge is 0.266 e. The molecule has 0 saturated heterocycles. The number of benzene rings is 2. The molecule has 4 aromatic rings. The molecule has 2 heterocycles. The summed E-state index contributed by atoms with van der Waals surface area (Å²) in [5.74, 6) is -0.646. The second kappa shape index (κ2) is 8.58. The molecule has 2 aromatic heterocycles. The Hall–Kier alpha value is -3.33. The Morgan fingerprint density at radius 1 is 1.20 bits per heavy atom. The zero-order valence-corrected chi connectivity index (χ0v) is 17.2. The summed E-state index contributed by atoms with van der Waals surface area (Å²) < 4.78 is 20.9. The molecule has 0 saturated carbocycles. The number of hydrogen-bond acceptors (Lipinski definition) is 5. The standard InChI is InChI=1S/C21H16BrFN4O3/c22-15-5-1-3-13(9-15)11-24-17(28)7-8-27-12-25-20-18(21(27)29)19(26-30-20)14-4-2-6-16(23)10-14/h1-6,9-10,12H,7-8,11H2,(H,24,28). The molecule has 9 heteroatoms. The van der Waals surface area contributed by atoms with Gasteiger partial charge in [0, 0.05) is 29.5 Å². The minimum atomic E-state index is -0.449. The van der Waals surface area contributed by atoms with Gasteiger partial charge in [-0.3, -0.25) is 14.2 Å². The van der Waals surface area contributed by atoms with Crippen molar-refractivity contribution < 1.29 is 13.7 Å². The number of halogens is 2. The van der Waals surface area contributed by atoms with Crippen molar-refractivity contribution in [1.82, 2.24) is 20.0 Å². The highest BCUT2D eigenvalue weighted by atomic mass is 79.9. The maximum atomic E-state index is 13.6. The monoisotopic (exact) mass is 470 g/mol. The molecule has 0 atom stereocenters. The number of rotatable bonds is 6. The molecular formula is C21H16BrFN4O3. The van der Waals surface area contributed by atoms with Crippen LogP contribution in [-0.4, -0.2) is 20.6 Å². The lowest BCUT2D eigenvalue weighted by atomic mass is 10.1. The molecule has 0 unspecified atom stereocenters. The van der Waals surface area contributed by atoms with Gasteiger partial charge in [0.2, 0.25) is 5.91 Å². The second-order valence-electron chi connectivity index (χ2n) is 6.62. The number of nitrogens with one attached hydrogen (secondary N) is 1. The highest BCUT2D eigenvalue weighted by Gasteiger charge is 2.17. The van der Waals surface area contributed by atoms with Crippen molar-refractivity contribution in [2.75, 3.05) is 0 Å². The molecule has 0 spiro atoms. The Morgan fingerprint density at radius 2 is 2.03 bits per heavy atom. The molecule has 2 aromatic carbocycles. The van der Waals surface area contributed by atoms with E-state index in [1.807, 2.05) is 24.3 Å². The van der Waals surface area contributed by atoms with Gasteiger partial charge in [-0.2, -0.15) is 0 Å². The molecule has 0 radical (unpaired) electrons. The van der Waals surface area contributed by atoms with Crippen LogP contribution >= 0.6 is 15.9 Å². The van der Waals surface area contributed by atoms with Crippen LogP contribution in [0, 0.1) is 5.82 Å². The Kier molecular flexibility index (Phi) is 5.71. The van der Waals surface area contributed by atoms with Gasteiger partial charge in [-0.05, 0) is 29.8 Å². The first kappa shape index (κ1) is 20.0. The number of carbonyl (C=O) groups is 1. The fourth-order valence-electron chi connectivity index (χ4n) is 3.03. The van der Waals surface area contributed by atoms with E-state index in [-0.39, 0.29) is 35.7 Å². The fourth-order valence-corrected chi connectivity index (χ4v) is 3.48. The normalized spacial score (nSPS) is 11.0. The average Bonchev–Trinajstić information content (AvgIpc) is 3.17. The number of nitrogens with zero attached hydrogens (tertiary/aromatic N) is 3. The number of amides is 1. The third-order valence-electron chi connectivity index (χ3n) is 4.52. The van der Waals surface area contributed by atoms with E-state index < -0.39 is 11.4 Å². The van der Waals surface area contributed by atoms with Gasteiger partial charge in [0.25, 0.3) is 11.3 Å². The van der Waals surface area contributed by atoms with Gasteiger partial charge in [-0.15, -0.1) is 0 Å². The van der Waals surface area contributed by atoms with Crippen LogP contribution in [0.1, 0.15) is 12.0 Å². The molecule has 0 fully saturated rings. The summed E-state index contributed by atoms with van der Waals surface area (Å²) in [6, 6.07) is 13.3. The van der Waals surface area contributed by atoms with Crippen LogP contribution in [0.15, 0.2) is 68.6 Å². The maximum absolute atomic E-state index is 13.6. The molecule has 30 heavy (non-hydrogen) atoms. The van der Waals surface area contributed by atoms with Crippen molar-refractivity contribution in [1.29, 1.82) is 0 Å². The minimum absolute atomic E-state index is 0.0645. The van der Waals surface area contributed by atoms with Gasteiger partial charge in [0.05, 0.1) is 0 Å². The lowest BCUT2D eigenvalue weighted by molar-refractivity contribution is -0.121. The highest BCUT2D eigenvalue weighted by molar-refractivity contribution is 9.10. The summed E-state index contributed by atoms with van der Waals surface area (Å²) in [4.78, 5) is 29.2. The van der Waals surface area contributed by atoms with Crippen molar-refractivity contribution in [3.05, 3.63) is 81.1 Å².